The molecule has 3 heteroatoms. The molecule has 1 atom stereocenters. The van der Waals surface area contributed by atoms with Gasteiger partial charge < -0.3 is 5.73 Å². The predicted octanol–water partition coefficient (Wildman–Crippen LogP) is 1.87. The van der Waals surface area contributed by atoms with Crippen molar-refractivity contribution < 1.29 is 4.79 Å². The molecule has 1 heterocycles. The van der Waals surface area contributed by atoms with E-state index in [0.717, 1.165) is 37.8 Å². The summed E-state index contributed by atoms with van der Waals surface area (Å²) in [6.45, 7) is 0. The van der Waals surface area contributed by atoms with Gasteiger partial charge in [0, 0.05) is 5.69 Å². The van der Waals surface area contributed by atoms with Crippen molar-refractivity contribution in [3.63, 3.8) is 0 Å². The molecule has 1 aromatic heterocycles. The molecule has 17 heavy (non-hydrogen) atoms. The minimum absolute atomic E-state index is 0.147. The zero-order valence-electron chi connectivity index (χ0n) is 10.0. The molecule has 2 N–H and O–H groups in total. The Bertz CT molecular complexity index is 468. The largest absolute Gasteiger partial charge is 0.369 e. The van der Waals surface area contributed by atoms with Gasteiger partial charge in [-0.25, -0.2) is 0 Å². The third kappa shape index (κ3) is 1.84. The fourth-order valence-electron chi connectivity index (χ4n) is 3.11. The third-order valence-corrected chi connectivity index (χ3v) is 4.03. The summed E-state index contributed by atoms with van der Waals surface area (Å²) in [7, 11) is 0. The van der Waals surface area contributed by atoms with E-state index >= 15 is 0 Å². The smallest absolute Gasteiger partial charge is 0.226 e. The summed E-state index contributed by atoms with van der Waals surface area (Å²) < 4.78 is 0. The van der Waals surface area contributed by atoms with Crippen molar-refractivity contribution in [1.82, 2.24) is 4.98 Å². The number of fused-ring (bicyclic) bond motifs is 2. The molecule has 1 amide bonds. The highest BCUT2D eigenvalue weighted by atomic mass is 16.1. The van der Waals surface area contributed by atoms with E-state index in [9.17, 15) is 4.79 Å². The monoisotopic (exact) mass is 230 g/mol. The van der Waals surface area contributed by atoms with Crippen LogP contribution in [0.5, 0.6) is 0 Å². The molecule has 3 rings (SSSR count). The Morgan fingerprint density at radius 2 is 1.94 bits per heavy atom. The van der Waals surface area contributed by atoms with E-state index < -0.39 is 0 Å². The van der Waals surface area contributed by atoms with Crippen LogP contribution in [0.1, 0.15) is 54.1 Å². The van der Waals surface area contributed by atoms with Crippen molar-refractivity contribution in [3.05, 3.63) is 28.6 Å². The molecular weight excluding hydrogens is 212 g/mol. The highest BCUT2D eigenvalue weighted by Gasteiger charge is 2.27. The van der Waals surface area contributed by atoms with Crippen LogP contribution in [0, 0.1) is 0 Å². The number of primary amides is 1. The molecule has 0 aromatic carbocycles. The van der Waals surface area contributed by atoms with Gasteiger partial charge in [-0.3, -0.25) is 9.78 Å². The first-order valence-electron chi connectivity index (χ1n) is 6.56. The van der Waals surface area contributed by atoms with E-state index in [1.54, 1.807) is 0 Å². The maximum Gasteiger partial charge on any atom is 0.226 e. The van der Waals surface area contributed by atoms with Gasteiger partial charge in [0.15, 0.2) is 0 Å². The number of aromatic nitrogens is 1. The molecule has 0 saturated heterocycles. The van der Waals surface area contributed by atoms with Gasteiger partial charge in [0.25, 0.3) is 0 Å². The lowest BCUT2D eigenvalue weighted by Crippen LogP contribution is -2.27. The Hall–Kier alpha value is -1.38. The Morgan fingerprint density at radius 1 is 1.18 bits per heavy atom. The maximum atomic E-state index is 11.5. The number of pyridine rings is 1. The second-order valence-corrected chi connectivity index (χ2v) is 5.19. The highest BCUT2D eigenvalue weighted by molar-refractivity contribution is 5.82. The SMILES string of the molecule is NC(=O)[C@@H]1CCCc2cc3c(nc21)CCCC3. The standard InChI is InChI=1S/C14H18N2O/c15-14(17)11-6-3-5-10-8-9-4-1-2-7-12(9)16-13(10)11/h8,11H,1-7H2,(H2,15,17)/t11-/m1/s1. The normalized spacial score (nSPS) is 22.7. The summed E-state index contributed by atoms with van der Waals surface area (Å²) in [6.07, 6.45) is 7.69. The van der Waals surface area contributed by atoms with Crippen LogP contribution in [0.25, 0.3) is 0 Å². The molecule has 0 spiro atoms. The van der Waals surface area contributed by atoms with Crippen LogP contribution in [0.2, 0.25) is 0 Å². The molecule has 0 radical (unpaired) electrons. The number of carbonyl (C=O) groups excluding carboxylic acids is 1. The molecular formula is C14H18N2O. The minimum Gasteiger partial charge on any atom is -0.369 e. The van der Waals surface area contributed by atoms with Gasteiger partial charge in [0.05, 0.1) is 11.6 Å². The van der Waals surface area contributed by atoms with Crippen molar-refractivity contribution in [2.75, 3.05) is 0 Å². The zero-order chi connectivity index (χ0) is 11.8. The number of nitrogens with zero attached hydrogens (tertiary/aromatic N) is 1. The Labute approximate surface area is 101 Å². The first kappa shape index (κ1) is 10.8. The molecule has 1 aromatic rings. The van der Waals surface area contributed by atoms with Crippen LogP contribution >= 0.6 is 0 Å². The van der Waals surface area contributed by atoms with E-state index in [-0.39, 0.29) is 11.8 Å². The quantitative estimate of drug-likeness (QED) is 0.800. The van der Waals surface area contributed by atoms with Crippen LogP contribution in [-0.4, -0.2) is 10.9 Å². The molecule has 2 aliphatic carbocycles. The molecule has 2 aliphatic rings. The molecule has 0 unspecified atom stereocenters. The molecule has 0 fully saturated rings. The topological polar surface area (TPSA) is 56.0 Å². The summed E-state index contributed by atoms with van der Waals surface area (Å²) in [6, 6.07) is 2.28. The van der Waals surface area contributed by atoms with Gasteiger partial charge in [-0.05, 0) is 56.1 Å². The number of carbonyl (C=O) groups is 1. The van der Waals surface area contributed by atoms with Gasteiger partial charge in [0.2, 0.25) is 5.91 Å². The molecule has 3 nitrogen and oxygen atoms in total. The lowest BCUT2D eigenvalue weighted by molar-refractivity contribution is -0.119. The first-order valence-corrected chi connectivity index (χ1v) is 6.56. The van der Waals surface area contributed by atoms with E-state index in [1.165, 1.54) is 29.7 Å². The van der Waals surface area contributed by atoms with Gasteiger partial charge in [-0.1, -0.05) is 6.07 Å². The van der Waals surface area contributed by atoms with Crippen molar-refractivity contribution >= 4 is 5.91 Å². The van der Waals surface area contributed by atoms with Crippen molar-refractivity contribution in [2.24, 2.45) is 5.73 Å². The molecule has 0 saturated carbocycles. The van der Waals surface area contributed by atoms with Gasteiger partial charge in [0.1, 0.15) is 0 Å². The highest BCUT2D eigenvalue weighted by Crippen LogP contribution is 2.33. The van der Waals surface area contributed by atoms with Crippen LogP contribution < -0.4 is 5.73 Å². The van der Waals surface area contributed by atoms with E-state index in [4.69, 9.17) is 10.7 Å². The number of rotatable bonds is 1. The summed E-state index contributed by atoms with van der Waals surface area (Å²) >= 11 is 0. The number of nitrogens with two attached hydrogens (primary N) is 1. The summed E-state index contributed by atoms with van der Waals surface area (Å²) in [5.41, 5.74) is 10.3. The van der Waals surface area contributed by atoms with E-state index in [1.807, 2.05) is 0 Å². The summed E-state index contributed by atoms with van der Waals surface area (Å²) in [5.74, 6) is -0.361. The zero-order valence-corrected chi connectivity index (χ0v) is 10.0. The number of hydrogen-bond donors (Lipinski definition) is 1. The first-order chi connectivity index (χ1) is 8.25. The number of amides is 1. The number of aryl methyl sites for hydroxylation is 3. The van der Waals surface area contributed by atoms with E-state index in [2.05, 4.69) is 6.07 Å². The Morgan fingerprint density at radius 3 is 2.76 bits per heavy atom. The minimum atomic E-state index is -0.214. The number of hydrogen-bond acceptors (Lipinski definition) is 2. The molecule has 0 bridgehead atoms. The fraction of sp³-hybridized carbons (Fsp3) is 0.571. The summed E-state index contributed by atoms with van der Waals surface area (Å²) in [4.78, 5) is 16.2. The fourth-order valence-corrected chi connectivity index (χ4v) is 3.11. The maximum absolute atomic E-state index is 11.5. The predicted molar refractivity (Wildman–Crippen MR) is 65.8 cm³/mol. The average molecular weight is 230 g/mol. The van der Waals surface area contributed by atoms with Crippen molar-refractivity contribution in [2.45, 2.75) is 50.9 Å². The second-order valence-electron chi connectivity index (χ2n) is 5.19. The van der Waals surface area contributed by atoms with Crippen LogP contribution in [-0.2, 0) is 24.1 Å². The average Bonchev–Trinajstić information content (AvgIpc) is 2.35. The van der Waals surface area contributed by atoms with Gasteiger partial charge in [-0.2, -0.15) is 0 Å². The molecule has 90 valence electrons. The van der Waals surface area contributed by atoms with Crippen LogP contribution in [0.15, 0.2) is 6.07 Å². The van der Waals surface area contributed by atoms with E-state index in [0.29, 0.717) is 0 Å². The van der Waals surface area contributed by atoms with Crippen LogP contribution in [0.4, 0.5) is 0 Å². The third-order valence-electron chi connectivity index (χ3n) is 4.03. The van der Waals surface area contributed by atoms with Crippen LogP contribution in [0.3, 0.4) is 0 Å². The second kappa shape index (κ2) is 4.13. The Balaban J connectivity index is 2.07. The van der Waals surface area contributed by atoms with Gasteiger partial charge >= 0.3 is 0 Å². The summed E-state index contributed by atoms with van der Waals surface area (Å²) in [5, 5.41) is 0. The van der Waals surface area contributed by atoms with Crippen molar-refractivity contribution in [3.8, 4) is 0 Å². The Kier molecular flexibility index (Phi) is 2.61. The lowest BCUT2D eigenvalue weighted by Gasteiger charge is -2.25. The lowest BCUT2D eigenvalue weighted by atomic mass is 9.83. The molecule has 0 aliphatic heterocycles. The van der Waals surface area contributed by atoms with Gasteiger partial charge in [-0.15, -0.1) is 0 Å². The van der Waals surface area contributed by atoms with Crippen molar-refractivity contribution in [1.29, 1.82) is 0 Å².